The summed E-state index contributed by atoms with van der Waals surface area (Å²) in [6.07, 6.45) is 0.452. The van der Waals surface area contributed by atoms with Gasteiger partial charge in [-0.2, -0.15) is 0 Å². The molecule has 0 bridgehead atoms. The molecule has 3 aromatic carbocycles. The fourth-order valence-corrected chi connectivity index (χ4v) is 3.98. The number of ether oxygens (including phenoxy) is 2. The van der Waals surface area contributed by atoms with Crippen LogP contribution in [-0.2, 0) is 26.5 Å². The van der Waals surface area contributed by atoms with E-state index in [0.717, 1.165) is 22.3 Å². The molecule has 31 heavy (non-hydrogen) atoms. The number of hydrogen-bond donors (Lipinski definition) is 1. The van der Waals surface area contributed by atoms with Crippen LogP contribution in [0.15, 0.2) is 96.4 Å². The Hall–Kier alpha value is -3.53. The lowest BCUT2D eigenvalue weighted by molar-refractivity contribution is -0.153. The summed E-state index contributed by atoms with van der Waals surface area (Å²) >= 11 is 0. The first-order valence-corrected chi connectivity index (χ1v) is 10.5. The molecule has 0 radical (unpaired) electrons. The molecule has 4 heteroatoms. The predicted molar refractivity (Wildman–Crippen MR) is 120 cm³/mol. The molecular weight excluding hydrogens is 388 g/mol. The lowest BCUT2D eigenvalue weighted by Gasteiger charge is -2.30. The first kappa shape index (κ1) is 20.7. The number of carbonyl (C=O) groups is 1. The van der Waals surface area contributed by atoms with Gasteiger partial charge in [0.1, 0.15) is 6.61 Å². The molecule has 4 rings (SSSR count). The average molecular weight is 415 g/mol. The number of aliphatic hydroxyl groups is 1. The van der Waals surface area contributed by atoms with Gasteiger partial charge in [-0.3, -0.25) is 0 Å². The summed E-state index contributed by atoms with van der Waals surface area (Å²) in [4.78, 5) is 12.7. The van der Waals surface area contributed by atoms with Gasteiger partial charge in [0.05, 0.1) is 0 Å². The summed E-state index contributed by atoms with van der Waals surface area (Å²) in [6, 6.07) is 27.4. The highest BCUT2D eigenvalue weighted by molar-refractivity contribution is 5.90. The highest BCUT2D eigenvalue weighted by Crippen LogP contribution is 2.45. The monoisotopic (exact) mass is 414 g/mol. The first-order chi connectivity index (χ1) is 15.0. The Morgan fingerprint density at radius 1 is 0.871 bits per heavy atom. The molecule has 0 amide bonds. The van der Waals surface area contributed by atoms with Crippen LogP contribution < -0.4 is 0 Å². The van der Waals surface area contributed by atoms with Crippen molar-refractivity contribution < 1.29 is 19.4 Å². The Kier molecular flexibility index (Phi) is 5.81. The second-order valence-electron chi connectivity index (χ2n) is 8.21. The molecule has 1 aliphatic rings. The SMILES string of the molecule is CC(C)CC1(c2ccc(-c3ccccc3)cc2)OC(=O)C(OCc2ccccc2)=C1O. The van der Waals surface area contributed by atoms with Gasteiger partial charge in [-0.15, -0.1) is 0 Å². The highest BCUT2D eigenvalue weighted by atomic mass is 16.6. The molecule has 158 valence electrons. The van der Waals surface area contributed by atoms with E-state index in [9.17, 15) is 9.90 Å². The van der Waals surface area contributed by atoms with Gasteiger partial charge in [0.2, 0.25) is 5.76 Å². The second-order valence-corrected chi connectivity index (χ2v) is 8.21. The largest absolute Gasteiger partial charge is 0.505 e. The minimum absolute atomic E-state index is 0.114. The van der Waals surface area contributed by atoms with Crippen LogP contribution in [0, 0.1) is 5.92 Å². The van der Waals surface area contributed by atoms with Gasteiger partial charge in [-0.25, -0.2) is 4.79 Å². The van der Waals surface area contributed by atoms with Crippen LogP contribution in [0.25, 0.3) is 11.1 Å². The topological polar surface area (TPSA) is 55.8 Å². The minimum Gasteiger partial charge on any atom is -0.505 e. The number of hydrogen-bond acceptors (Lipinski definition) is 4. The summed E-state index contributed by atoms with van der Waals surface area (Å²) in [5.74, 6) is -0.732. The lowest BCUT2D eigenvalue weighted by Crippen LogP contribution is -2.31. The van der Waals surface area contributed by atoms with Crippen LogP contribution in [0.3, 0.4) is 0 Å². The maximum atomic E-state index is 12.7. The standard InChI is InChI=1S/C27H26O4/c1-19(2)17-27(23-15-13-22(14-16-23)21-11-7-4-8-12-21)25(28)24(26(29)31-27)30-18-20-9-5-3-6-10-20/h3-16,19,28H,17-18H2,1-2H3. The first-order valence-electron chi connectivity index (χ1n) is 10.5. The highest BCUT2D eigenvalue weighted by Gasteiger charge is 2.51. The third kappa shape index (κ3) is 4.19. The molecule has 0 aromatic heterocycles. The zero-order valence-corrected chi connectivity index (χ0v) is 17.7. The Morgan fingerprint density at radius 3 is 2.06 bits per heavy atom. The Morgan fingerprint density at radius 2 is 1.45 bits per heavy atom. The fourth-order valence-electron chi connectivity index (χ4n) is 3.98. The Bertz CT molecular complexity index is 1070. The number of cyclic esters (lactones) is 1. The van der Waals surface area contributed by atoms with Crippen LogP contribution >= 0.6 is 0 Å². The van der Waals surface area contributed by atoms with E-state index < -0.39 is 11.6 Å². The molecule has 0 aliphatic carbocycles. The van der Waals surface area contributed by atoms with E-state index >= 15 is 0 Å². The molecule has 0 fully saturated rings. The number of aliphatic hydroxyl groups excluding tert-OH is 1. The van der Waals surface area contributed by atoms with Gasteiger partial charge in [-0.05, 0) is 22.6 Å². The number of carbonyl (C=O) groups excluding carboxylic acids is 1. The maximum Gasteiger partial charge on any atom is 0.378 e. The van der Waals surface area contributed by atoms with Crippen molar-refractivity contribution >= 4 is 5.97 Å². The molecule has 0 spiro atoms. The van der Waals surface area contributed by atoms with E-state index in [0.29, 0.717) is 6.42 Å². The van der Waals surface area contributed by atoms with Crippen molar-refractivity contribution in [3.8, 4) is 11.1 Å². The molecular formula is C27H26O4. The third-order valence-corrected chi connectivity index (χ3v) is 5.43. The van der Waals surface area contributed by atoms with Crippen molar-refractivity contribution in [1.82, 2.24) is 0 Å². The minimum atomic E-state index is -1.24. The molecule has 1 aliphatic heterocycles. The molecule has 1 unspecified atom stereocenters. The zero-order valence-electron chi connectivity index (χ0n) is 17.7. The Labute approximate surface area is 182 Å². The molecule has 4 nitrogen and oxygen atoms in total. The molecule has 3 aromatic rings. The lowest BCUT2D eigenvalue weighted by atomic mass is 9.83. The maximum absolute atomic E-state index is 12.7. The van der Waals surface area contributed by atoms with Crippen molar-refractivity contribution in [2.75, 3.05) is 0 Å². The summed E-state index contributed by atoms with van der Waals surface area (Å²) in [5.41, 5.74) is 2.54. The van der Waals surface area contributed by atoms with Crippen LogP contribution in [0.1, 0.15) is 31.4 Å². The molecule has 0 saturated heterocycles. The number of esters is 1. The van der Waals surface area contributed by atoms with Crippen LogP contribution in [-0.4, -0.2) is 11.1 Å². The van der Waals surface area contributed by atoms with Crippen molar-refractivity contribution in [3.05, 3.63) is 108 Å². The molecule has 1 heterocycles. The third-order valence-electron chi connectivity index (χ3n) is 5.43. The normalized spacial score (nSPS) is 18.4. The molecule has 1 N–H and O–H groups in total. The van der Waals surface area contributed by atoms with Crippen molar-refractivity contribution in [3.63, 3.8) is 0 Å². The van der Waals surface area contributed by atoms with Gasteiger partial charge in [0.15, 0.2) is 11.4 Å². The van der Waals surface area contributed by atoms with Crippen LogP contribution in [0.2, 0.25) is 0 Å². The van der Waals surface area contributed by atoms with Crippen LogP contribution in [0.5, 0.6) is 0 Å². The predicted octanol–water partition coefficient (Wildman–Crippen LogP) is 6.14. The van der Waals surface area contributed by atoms with E-state index in [1.165, 1.54) is 0 Å². The van der Waals surface area contributed by atoms with E-state index in [1.54, 1.807) is 0 Å². The van der Waals surface area contributed by atoms with Crippen molar-refractivity contribution in [2.24, 2.45) is 5.92 Å². The summed E-state index contributed by atoms with van der Waals surface area (Å²) < 4.78 is 11.5. The van der Waals surface area contributed by atoms with E-state index in [2.05, 4.69) is 0 Å². The van der Waals surface area contributed by atoms with Gasteiger partial charge >= 0.3 is 5.97 Å². The molecule has 1 atom stereocenters. The van der Waals surface area contributed by atoms with Gasteiger partial charge in [0.25, 0.3) is 0 Å². The van der Waals surface area contributed by atoms with Gasteiger partial charge < -0.3 is 14.6 Å². The van der Waals surface area contributed by atoms with E-state index in [-0.39, 0.29) is 24.0 Å². The summed E-state index contributed by atoms with van der Waals surface area (Å²) in [5, 5.41) is 11.1. The number of rotatable bonds is 7. The van der Waals surface area contributed by atoms with Crippen molar-refractivity contribution in [1.29, 1.82) is 0 Å². The van der Waals surface area contributed by atoms with Gasteiger partial charge in [-0.1, -0.05) is 98.8 Å². The number of benzene rings is 3. The average Bonchev–Trinajstić information content (AvgIpc) is 3.03. The summed E-state index contributed by atoms with van der Waals surface area (Å²) in [7, 11) is 0. The van der Waals surface area contributed by atoms with Crippen molar-refractivity contribution in [2.45, 2.75) is 32.5 Å². The van der Waals surface area contributed by atoms with E-state index in [1.807, 2.05) is 98.8 Å². The second kappa shape index (κ2) is 8.68. The van der Waals surface area contributed by atoms with Crippen LogP contribution in [0.4, 0.5) is 0 Å². The zero-order chi connectivity index (χ0) is 21.8. The smallest absolute Gasteiger partial charge is 0.378 e. The van der Waals surface area contributed by atoms with Gasteiger partial charge in [0, 0.05) is 12.0 Å². The fraction of sp³-hybridized carbons (Fsp3) is 0.222. The quantitative estimate of drug-likeness (QED) is 0.472. The van der Waals surface area contributed by atoms with E-state index in [4.69, 9.17) is 9.47 Å². The summed E-state index contributed by atoms with van der Waals surface area (Å²) in [6.45, 7) is 4.24. The molecule has 0 saturated carbocycles. The Balaban J connectivity index is 1.67.